The van der Waals surface area contributed by atoms with Gasteiger partial charge in [0.25, 0.3) is 6.71 Å². The highest BCUT2D eigenvalue weighted by molar-refractivity contribution is 7.26. The Morgan fingerprint density at radius 3 is 1.88 bits per heavy atom. The minimum atomic E-state index is -2.34. The summed E-state index contributed by atoms with van der Waals surface area (Å²) in [7, 11) is 0. The Morgan fingerprint density at radius 1 is 0.579 bits per heavy atom. The first kappa shape index (κ1) is 33.2. The molecule has 0 spiro atoms. The maximum Gasteiger partial charge on any atom is 0.252 e. The molecule has 0 N–H and O–H groups in total. The molecule has 2 nitrogen and oxygen atoms in total. The third-order valence-electron chi connectivity index (χ3n) is 13.5. The molecular formula is C53H55BN2S. The highest BCUT2D eigenvalue weighted by Gasteiger charge is 2.47. The predicted octanol–water partition coefficient (Wildman–Crippen LogP) is 13.4. The van der Waals surface area contributed by atoms with Crippen LogP contribution in [0.5, 0.6) is 0 Å². The van der Waals surface area contributed by atoms with Crippen molar-refractivity contribution in [3.63, 3.8) is 0 Å². The van der Waals surface area contributed by atoms with Crippen LogP contribution in [0.25, 0.3) is 20.2 Å². The lowest BCUT2D eigenvalue weighted by Gasteiger charge is -2.47. The Kier molecular flexibility index (Phi) is 7.06. The molecule has 0 saturated carbocycles. The molecule has 1 aromatic heterocycles. The highest BCUT2D eigenvalue weighted by Crippen LogP contribution is 2.52. The number of anilines is 6. The van der Waals surface area contributed by atoms with Crippen LogP contribution in [0.1, 0.15) is 114 Å². The Bertz CT molecular complexity index is 2910. The van der Waals surface area contributed by atoms with Crippen LogP contribution >= 0.6 is 11.3 Å². The zero-order valence-electron chi connectivity index (χ0n) is 38.2. The molecule has 2 aliphatic heterocycles. The lowest BCUT2D eigenvalue weighted by Crippen LogP contribution is -2.62. The van der Waals surface area contributed by atoms with Crippen molar-refractivity contribution in [3.8, 4) is 0 Å². The van der Waals surface area contributed by atoms with Crippen LogP contribution in [0.15, 0.2) is 109 Å². The third kappa shape index (κ3) is 5.49. The summed E-state index contributed by atoms with van der Waals surface area (Å²) in [4.78, 5) is 4.81. The molecule has 3 aliphatic rings. The fraction of sp³-hybridized carbons (Fsp3) is 0.321. The van der Waals surface area contributed by atoms with Gasteiger partial charge in [-0.3, -0.25) is 0 Å². The molecule has 1 aliphatic carbocycles. The number of nitrogens with zero attached hydrogens (tertiary/aromatic N) is 2. The van der Waals surface area contributed by atoms with Crippen molar-refractivity contribution in [1.29, 1.82) is 0 Å². The number of hydrogen-bond donors (Lipinski definition) is 0. The average Bonchev–Trinajstić information content (AvgIpc) is 3.57. The summed E-state index contributed by atoms with van der Waals surface area (Å²) in [6.45, 7) is 20.8. The second-order valence-corrected chi connectivity index (χ2v) is 21.4. The van der Waals surface area contributed by atoms with Gasteiger partial charge in [-0.05, 0) is 140 Å². The van der Waals surface area contributed by atoms with Crippen molar-refractivity contribution in [1.82, 2.24) is 0 Å². The quantitative estimate of drug-likeness (QED) is 0.162. The lowest BCUT2D eigenvalue weighted by molar-refractivity contribution is 0.332. The highest BCUT2D eigenvalue weighted by atomic mass is 32.1. The number of rotatable bonds is 2. The molecule has 10 rings (SSSR count). The fourth-order valence-electron chi connectivity index (χ4n) is 10.1. The van der Waals surface area contributed by atoms with E-state index in [1.54, 1.807) is 0 Å². The second-order valence-electron chi connectivity index (χ2n) is 20.3. The molecule has 0 saturated heterocycles. The van der Waals surface area contributed by atoms with Gasteiger partial charge in [0, 0.05) is 52.7 Å². The zero-order valence-corrected chi connectivity index (χ0v) is 36.0. The summed E-state index contributed by atoms with van der Waals surface area (Å²) in [6.07, 6.45) is 2.22. The van der Waals surface area contributed by atoms with E-state index >= 15 is 0 Å². The van der Waals surface area contributed by atoms with Gasteiger partial charge in [-0.15, -0.1) is 11.3 Å². The third-order valence-corrected chi connectivity index (χ3v) is 14.7. The standard InChI is InChI=1S/C53H55BN2S/c1-32-27-44-49-45(28-32)56(42-16-14-18-47-48(42)36-15-12-13-17-46(36)57-47)43-31-38-37(52(8,9)25-26-53(38,10)11)30-40(43)54(49)39-29-34(51(5,6)7)21-24-41(39)55(44)35-22-19-33(20-23-35)50(2,3)4/h12-24,27-31H,25-26H2,1-11H3/i1D3. The van der Waals surface area contributed by atoms with Crippen LogP contribution in [-0.4, -0.2) is 6.71 Å². The van der Waals surface area contributed by atoms with Crippen molar-refractivity contribution in [2.75, 3.05) is 9.80 Å². The first-order valence-electron chi connectivity index (χ1n) is 22.3. The second kappa shape index (κ2) is 12.1. The van der Waals surface area contributed by atoms with Gasteiger partial charge in [-0.2, -0.15) is 0 Å². The largest absolute Gasteiger partial charge is 0.311 e. The van der Waals surface area contributed by atoms with E-state index in [9.17, 15) is 0 Å². The van der Waals surface area contributed by atoms with Crippen LogP contribution in [0.3, 0.4) is 0 Å². The van der Waals surface area contributed by atoms with E-state index in [4.69, 9.17) is 4.11 Å². The van der Waals surface area contributed by atoms with E-state index in [0.717, 1.165) is 52.4 Å². The average molecular weight is 766 g/mol. The first-order chi connectivity index (χ1) is 28.1. The van der Waals surface area contributed by atoms with Crippen LogP contribution in [0, 0.1) is 6.85 Å². The molecule has 6 aromatic carbocycles. The summed E-state index contributed by atoms with van der Waals surface area (Å²) in [6, 6.07) is 40.4. The molecule has 0 fully saturated rings. The van der Waals surface area contributed by atoms with E-state index < -0.39 is 6.85 Å². The van der Waals surface area contributed by atoms with Crippen LogP contribution in [0.4, 0.5) is 34.1 Å². The van der Waals surface area contributed by atoms with E-state index in [0.29, 0.717) is 5.56 Å². The van der Waals surface area contributed by atoms with Gasteiger partial charge < -0.3 is 9.80 Å². The molecule has 0 radical (unpaired) electrons. The van der Waals surface area contributed by atoms with Gasteiger partial charge in [0.15, 0.2) is 0 Å². The van der Waals surface area contributed by atoms with Crippen molar-refractivity contribution in [2.45, 2.75) is 111 Å². The number of aryl methyl sites for hydroxylation is 1. The van der Waals surface area contributed by atoms with Crippen LogP contribution in [-0.2, 0) is 21.7 Å². The Hall–Kier alpha value is -4.80. The fourth-order valence-corrected chi connectivity index (χ4v) is 11.2. The Labute approximate surface area is 348 Å². The molecular weight excluding hydrogens is 707 g/mol. The van der Waals surface area contributed by atoms with Gasteiger partial charge >= 0.3 is 0 Å². The number of fused-ring (bicyclic) bond motifs is 8. The van der Waals surface area contributed by atoms with Crippen molar-refractivity contribution >= 4 is 88.7 Å². The Balaban J connectivity index is 1.38. The molecule has 4 heteroatoms. The molecule has 0 unspecified atom stereocenters. The number of thiophene rings is 1. The SMILES string of the molecule is [2H]C([2H])([2H])c1cc2c3c(c1)N(c1cccc4sc5ccccc5c14)c1cc4c(cc1B3c1cc(C(C)(C)C)ccc1N2c1ccc(C(C)(C)C)cc1)C(C)(C)CCC4(C)C. The van der Waals surface area contributed by atoms with E-state index in [1.807, 2.05) is 23.5 Å². The molecule has 0 amide bonds. The number of hydrogen-bond acceptors (Lipinski definition) is 3. The van der Waals surface area contributed by atoms with E-state index in [1.165, 1.54) is 53.4 Å². The first-order valence-corrected chi connectivity index (χ1v) is 21.6. The minimum Gasteiger partial charge on any atom is -0.311 e. The molecule has 7 aromatic rings. The summed E-state index contributed by atoms with van der Waals surface area (Å²) in [5.74, 6) is 0. The van der Waals surface area contributed by atoms with Gasteiger partial charge in [0.1, 0.15) is 0 Å². The molecule has 286 valence electrons. The van der Waals surface area contributed by atoms with Crippen molar-refractivity contribution < 1.29 is 4.11 Å². The maximum atomic E-state index is 8.99. The normalized spacial score (nSPS) is 17.7. The van der Waals surface area contributed by atoms with Gasteiger partial charge in [0.2, 0.25) is 0 Å². The Morgan fingerprint density at radius 2 is 1.19 bits per heavy atom. The molecule has 57 heavy (non-hydrogen) atoms. The van der Waals surface area contributed by atoms with Gasteiger partial charge in [0.05, 0.1) is 5.69 Å². The molecule has 3 heterocycles. The van der Waals surface area contributed by atoms with Crippen molar-refractivity contribution in [2.24, 2.45) is 0 Å². The van der Waals surface area contributed by atoms with Crippen LogP contribution < -0.4 is 26.2 Å². The number of benzene rings is 6. The zero-order chi connectivity index (χ0) is 42.5. The summed E-state index contributed by atoms with van der Waals surface area (Å²) in [5.41, 5.74) is 15.5. The molecule has 0 bridgehead atoms. The monoisotopic (exact) mass is 765 g/mol. The van der Waals surface area contributed by atoms with Gasteiger partial charge in [-0.25, -0.2) is 0 Å². The van der Waals surface area contributed by atoms with E-state index in [-0.39, 0.29) is 28.4 Å². The summed E-state index contributed by atoms with van der Waals surface area (Å²) >= 11 is 1.82. The smallest absolute Gasteiger partial charge is 0.252 e. The molecule has 0 atom stereocenters. The topological polar surface area (TPSA) is 6.48 Å². The van der Waals surface area contributed by atoms with Crippen LogP contribution in [0.2, 0.25) is 0 Å². The summed E-state index contributed by atoms with van der Waals surface area (Å²) in [5, 5.41) is 2.42. The predicted molar refractivity (Wildman–Crippen MR) is 251 cm³/mol. The van der Waals surface area contributed by atoms with Gasteiger partial charge in [-0.1, -0.05) is 124 Å². The lowest BCUT2D eigenvalue weighted by atomic mass is 9.33. The summed E-state index contributed by atoms with van der Waals surface area (Å²) < 4.78 is 29.4. The maximum absolute atomic E-state index is 8.99. The van der Waals surface area contributed by atoms with Crippen molar-refractivity contribution in [3.05, 3.63) is 137 Å². The minimum absolute atomic E-state index is 0.00585. The van der Waals surface area contributed by atoms with E-state index in [2.05, 4.69) is 176 Å².